The van der Waals surface area contributed by atoms with Gasteiger partial charge in [0.15, 0.2) is 0 Å². The minimum absolute atomic E-state index is 0.0379. The first-order valence-electron chi connectivity index (χ1n) is 7.69. The van der Waals surface area contributed by atoms with Gasteiger partial charge in [-0.3, -0.25) is 10.1 Å². The van der Waals surface area contributed by atoms with E-state index in [1.54, 1.807) is 7.11 Å². The summed E-state index contributed by atoms with van der Waals surface area (Å²) in [5.74, 6) is 0.163. The van der Waals surface area contributed by atoms with Crippen LogP contribution in [0.25, 0.3) is 0 Å². The molecule has 0 aromatic heterocycles. The quantitative estimate of drug-likeness (QED) is 0.875. The molecule has 1 aliphatic heterocycles. The molecule has 0 aliphatic carbocycles. The molecular formula is C17H26N2O2. The minimum atomic E-state index is -0.0379. The van der Waals surface area contributed by atoms with E-state index in [2.05, 4.69) is 44.3 Å². The standard InChI is InChI=1S/C17H26N2O2/c1-5-6-14(11-21-4)19-16(20)10-18-17(19)15-9-12(2)7-8-13(15)3/h7-9,14,17-18H,5-6,10-11H2,1-4H3. The molecule has 1 N–H and O–H groups in total. The van der Waals surface area contributed by atoms with Crippen molar-refractivity contribution < 1.29 is 9.53 Å². The monoisotopic (exact) mass is 290 g/mol. The number of methoxy groups -OCH3 is 1. The molecule has 1 saturated heterocycles. The zero-order chi connectivity index (χ0) is 15.4. The van der Waals surface area contributed by atoms with E-state index in [0.29, 0.717) is 13.2 Å². The molecule has 21 heavy (non-hydrogen) atoms. The highest BCUT2D eigenvalue weighted by atomic mass is 16.5. The molecule has 1 amide bonds. The highest BCUT2D eigenvalue weighted by molar-refractivity contribution is 5.81. The summed E-state index contributed by atoms with van der Waals surface area (Å²) in [5.41, 5.74) is 3.62. The summed E-state index contributed by atoms with van der Waals surface area (Å²) in [6.45, 7) is 7.32. The summed E-state index contributed by atoms with van der Waals surface area (Å²) in [5, 5.41) is 3.36. The van der Waals surface area contributed by atoms with Crippen molar-refractivity contribution in [2.45, 2.75) is 45.8 Å². The van der Waals surface area contributed by atoms with Crippen molar-refractivity contribution >= 4 is 5.91 Å². The van der Waals surface area contributed by atoms with Gasteiger partial charge in [0.1, 0.15) is 6.17 Å². The molecule has 2 atom stereocenters. The maximum Gasteiger partial charge on any atom is 0.238 e. The van der Waals surface area contributed by atoms with Crippen LogP contribution in [0.2, 0.25) is 0 Å². The van der Waals surface area contributed by atoms with E-state index in [-0.39, 0.29) is 18.1 Å². The van der Waals surface area contributed by atoms with Crippen molar-refractivity contribution in [1.82, 2.24) is 10.2 Å². The van der Waals surface area contributed by atoms with Crippen LogP contribution in [0, 0.1) is 13.8 Å². The summed E-state index contributed by atoms with van der Waals surface area (Å²) >= 11 is 0. The Bertz CT molecular complexity index is 496. The summed E-state index contributed by atoms with van der Waals surface area (Å²) in [7, 11) is 1.70. The molecule has 0 spiro atoms. The lowest BCUT2D eigenvalue weighted by Gasteiger charge is -2.33. The number of nitrogens with one attached hydrogen (secondary N) is 1. The number of carbonyl (C=O) groups excluding carboxylic acids is 1. The maximum absolute atomic E-state index is 12.4. The Balaban J connectivity index is 2.32. The van der Waals surface area contributed by atoms with Crippen LogP contribution in [0.1, 0.15) is 42.6 Å². The Morgan fingerprint density at radius 3 is 2.86 bits per heavy atom. The highest BCUT2D eigenvalue weighted by Crippen LogP contribution is 2.29. The van der Waals surface area contributed by atoms with Crippen molar-refractivity contribution in [1.29, 1.82) is 0 Å². The van der Waals surface area contributed by atoms with Crippen LogP contribution in [0.4, 0.5) is 0 Å². The van der Waals surface area contributed by atoms with E-state index < -0.39 is 0 Å². The Hall–Kier alpha value is -1.39. The fourth-order valence-corrected chi connectivity index (χ4v) is 3.07. The lowest BCUT2D eigenvalue weighted by Crippen LogP contribution is -2.42. The van der Waals surface area contributed by atoms with Gasteiger partial charge in [-0.05, 0) is 31.4 Å². The summed E-state index contributed by atoms with van der Waals surface area (Å²) in [4.78, 5) is 14.3. The van der Waals surface area contributed by atoms with Crippen molar-refractivity contribution in [2.75, 3.05) is 20.3 Å². The SMILES string of the molecule is CCCC(COC)N1C(=O)CNC1c1cc(C)ccc1C. The normalized spacial score (nSPS) is 20.1. The van der Waals surface area contributed by atoms with Gasteiger partial charge in [-0.1, -0.05) is 37.1 Å². The van der Waals surface area contributed by atoms with E-state index >= 15 is 0 Å². The Morgan fingerprint density at radius 1 is 1.43 bits per heavy atom. The average Bonchev–Trinajstić information content (AvgIpc) is 2.83. The van der Waals surface area contributed by atoms with E-state index in [0.717, 1.165) is 12.8 Å². The van der Waals surface area contributed by atoms with Crippen LogP contribution < -0.4 is 5.32 Å². The van der Waals surface area contributed by atoms with Gasteiger partial charge >= 0.3 is 0 Å². The van der Waals surface area contributed by atoms with Crippen LogP contribution in [0.15, 0.2) is 18.2 Å². The number of rotatable bonds is 6. The lowest BCUT2D eigenvalue weighted by molar-refractivity contribution is -0.131. The molecule has 1 aliphatic rings. The highest BCUT2D eigenvalue weighted by Gasteiger charge is 2.36. The third-order valence-electron chi connectivity index (χ3n) is 4.12. The molecule has 4 nitrogen and oxygen atoms in total. The zero-order valence-electron chi connectivity index (χ0n) is 13.5. The summed E-state index contributed by atoms with van der Waals surface area (Å²) in [6.07, 6.45) is 1.96. The van der Waals surface area contributed by atoms with Crippen LogP contribution in [-0.2, 0) is 9.53 Å². The number of benzene rings is 1. The first-order chi connectivity index (χ1) is 10.1. The van der Waals surface area contributed by atoms with E-state index in [9.17, 15) is 4.79 Å². The Labute approximate surface area is 127 Å². The molecule has 1 aromatic rings. The van der Waals surface area contributed by atoms with Crippen LogP contribution in [-0.4, -0.2) is 37.1 Å². The van der Waals surface area contributed by atoms with Crippen molar-refractivity contribution in [3.05, 3.63) is 34.9 Å². The second-order valence-electron chi connectivity index (χ2n) is 5.84. The average molecular weight is 290 g/mol. The molecule has 0 bridgehead atoms. The van der Waals surface area contributed by atoms with Crippen LogP contribution in [0.3, 0.4) is 0 Å². The van der Waals surface area contributed by atoms with Gasteiger partial charge < -0.3 is 9.64 Å². The third-order valence-corrected chi connectivity index (χ3v) is 4.12. The molecule has 1 heterocycles. The number of hydrogen-bond donors (Lipinski definition) is 1. The maximum atomic E-state index is 12.4. The predicted molar refractivity (Wildman–Crippen MR) is 84.1 cm³/mol. The van der Waals surface area contributed by atoms with Crippen molar-refractivity contribution in [3.8, 4) is 0 Å². The molecule has 4 heteroatoms. The molecular weight excluding hydrogens is 264 g/mol. The molecule has 1 fully saturated rings. The predicted octanol–water partition coefficient (Wildman–Crippen LogP) is 2.55. The van der Waals surface area contributed by atoms with Crippen LogP contribution in [0.5, 0.6) is 0 Å². The second-order valence-corrected chi connectivity index (χ2v) is 5.84. The van der Waals surface area contributed by atoms with Gasteiger partial charge in [-0.25, -0.2) is 0 Å². The molecule has 0 radical (unpaired) electrons. The summed E-state index contributed by atoms with van der Waals surface area (Å²) < 4.78 is 5.33. The fourth-order valence-electron chi connectivity index (χ4n) is 3.07. The molecule has 1 aromatic carbocycles. The number of carbonyl (C=O) groups is 1. The van der Waals surface area contributed by atoms with E-state index in [1.165, 1.54) is 16.7 Å². The number of nitrogens with zero attached hydrogens (tertiary/aromatic N) is 1. The van der Waals surface area contributed by atoms with Gasteiger partial charge in [0.2, 0.25) is 5.91 Å². The van der Waals surface area contributed by atoms with Crippen LogP contribution >= 0.6 is 0 Å². The van der Waals surface area contributed by atoms with Gasteiger partial charge in [0.25, 0.3) is 0 Å². The Kier molecular flexibility index (Phi) is 5.37. The molecule has 0 saturated carbocycles. The zero-order valence-corrected chi connectivity index (χ0v) is 13.5. The first kappa shape index (κ1) is 16.0. The fraction of sp³-hybridized carbons (Fsp3) is 0.588. The van der Waals surface area contributed by atoms with Gasteiger partial charge in [-0.2, -0.15) is 0 Å². The lowest BCUT2D eigenvalue weighted by atomic mass is 10.0. The minimum Gasteiger partial charge on any atom is -0.383 e. The van der Waals surface area contributed by atoms with Gasteiger partial charge in [0.05, 0.1) is 19.2 Å². The third kappa shape index (κ3) is 3.44. The first-order valence-corrected chi connectivity index (χ1v) is 7.69. The van der Waals surface area contributed by atoms with E-state index in [1.807, 2.05) is 4.90 Å². The Morgan fingerprint density at radius 2 is 2.19 bits per heavy atom. The largest absolute Gasteiger partial charge is 0.383 e. The second kappa shape index (κ2) is 7.05. The molecule has 2 rings (SSSR count). The topological polar surface area (TPSA) is 41.6 Å². The number of ether oxygens (including phenoxy) is 1. The van der Waals surface area contributed by atoms with Gasteiger partial charge in [0, 0.05) is 7.11 Å². The van der Waals surface area contributed by atoms with E-state index in [4.69, 9.17) is 4.74 Å². The number of amides is 1. The smallest absolute Gasteiger partial charge is 0.238 e. The summed E-state index contributed by atoms with van der Waals surface area (Å²) in [6, 6.07) is 6.54. The molecule has 2 unspecified atom stereocenters. The van der Waals surface area contributed by atoms with Crippen molar-refractivity contribution in [3.63, 3.8) is 0 Å². The van der Waals surface area contributed by atoms with Crippen molar-refractivity contribution in [2.24, 2.45) is 0 Å². The number of hydrogen-bond acceptors (Lipinski definition) is 3. The molecule has 116 valence electrons. The number of aryl methyl sites for hydroxylation is 2. The van der Waals surface area contributed by atoms with Gasteiger partial charge in [-0.15, -0.1) is 0 Å².